The maximum absolute atomic E-state index is 11.0. The molecule has 0 amide bonds. The van der Waals surface area contributed by atoms with Crippen molar-refractivity contribution in [3.8, 4) is 0 Å². The van der Waals surface area contributed by atoms with E-state index in [0.29, 0.717) is 24.7 Å². The summed E-state index contributed by atoms with van der Waals surface area (Å²) >= 11 is 0. The second kappa shape index (κ2) is 6.51. The Hall–Kier alpha value is -1.06. The van der Waals surface area contributed by atoms with Gasteiger partial charge in [-0.25, -0.2) is 0 Å². The SMILES string of the molecule is CC(C)CC(CC(C)C)C(C(=O)O)C(=O)O. The molecule has 0 aliphatic carbocycles. The van der Waals surface area contributed by atoms with Crippen molar-refractivity contribution in [2.24, 2.45) is 23.7 Å². The number of hydrogen-bond acceptors (Lipinski definition) is 2. The molecule has 0 bridgehead atoms. The lowest BCUT2D eigenvalue weighted by molar-refractivity contribution is -0.157. The van der Waals surface area contributed by atoms with Crippen molar-refractivity contribution in [3.05, 3.63) is 0 Å². The first kappa shape index (κ1) is 14.9. The van der Waals surface area contributed by atoms with Crippen LogP contribution in [0.3, 0.4) is 0 Å². The van der Waals surface area contributed by atoms with E-state index < -0.39 is 17.9 Å². The van der Waals surface area contributed by atoms with E-state index in [2.05, 4.69) is 0 Å². The Bertz CT molecular complexity index is 221. The predicted molar refractivity (Wildman–Crippen MR) is 61.2 cm³/mol. The van der Waals surface area contributed by atoms with Gasteiger partial charge in [-0.3, -0.25) is 9.59 Å². The fraction of sp³-hybridized carbons (Fsp3) is 0.833. The molecule has 0 aliphatic rings. The van der Waals surface area contributed by atoms with E-state index in [9.17, 15) is 9.59 Å². The van der Waals surface area contributed by atoms with Crippen molar-refractivity contribution in [2.45, 2.75) is 40.5 Å². The molecule has 0 rings (SSSR count). The molecule has 2 N–H and O–H groups in total. The Morgan fingerprint density at radius 3 is 1.38 bits per heavy atom. The molecule has 0 fully saturated rings. The van der Waals surface area contributed by atoms with Crippen molar-refractivity contribution in [1.29, 1.82) is 0 Å². The summed E-state index contributed by atoms with van der Waals surface area (Å²) in [4.78, 5) is 21.9. The van der Waals surface area contributed by atoms with Crippen LogP contribution in [0.25, 0.3) is 0 Å². The Morgan fingerprint density at radius 2 is 1.19 bits per heavy atom. The summed E-state index contributed by atoms with van der Waals surface area (Å²) in [6.45, 7) is 7.92. The lowest BCUT2D eigenvalue weighted by atomic mass is 9.80. The average Bonchev–Trinajstić information content (AvgIpc) is 1.98. The smallest absolute Gasteiger partial charge is 0.318 e. The van der Waals surface area contributed by atoms with Gasteiger partial charge in [0.15, 0.2) is 5.92 Å². The van der Waals surface area contributed by atoms with Gasteiger partial charge in [0.05, 0.1) is 0 Å². The predicted octanol–water partition coefficient (Wildman–Crippen LogP) is 2.48. The van der Waals surface area contributed by atoms with Gasteiger partial charge in [0.25, 0.3) is 0 Å². The van der Waals surface area contributed by atoms with Gasteiger partial charge in [0.2, 0.25) is 0 Å². The van der Waals surface area contributed by atoms with Crippen LogP contribution in [0, 0.1) is 23.7 Å². The number of hydrogen-bond donors (Lipinski definition) is 2. The molecule has 4 nitrogen and oxygen atoms in total. The van der Waals surface area contributed by atoms with Gasteiger partial charge in [0.1, 0.15) is 0 Å². The lowest BCUT2D eigenvalue weighted by Gasteiger charge is -2.24. The first-order valence-electron chi connectivity index (χ1n) is 5.71. The van der Waals surface area contributed by atoms with Crippen LogP contribution in [0.2, 0.25) is 0 Å². The van der Waals surface area contributed by atoms with E-state index in [-0.39, 0.29) is 5.92 Å². The molecule has 0 unspecified atom stereocenters. The Kier molecular flexibility index (Phi) is 6.08. The van der Waals surface area contributed by atoms with Gasteiger partial charge < -0.3 is 10.2 Å². The standard InChI is InChI=1S/C12H22O4/c1-7(2)5-9(6-8(3)4)10(11(13)14)12(15)16/h7-10H,5-6H2,1-4H3,(H,13,14)(H,15,16). The molecule has 0 heterocycles. The average molecular weight is 230 g/mol. The first-order valence-corrected chi connectivity index (χ1v) is 5.71. The monoisotopic (exact) mass is 230 g/mol. The molecule has 0 atom stereocenters. The highest BCUT2D eigenvalue weighted by Gasteiger charge is 2.35. The molecular weight excluding hydrogens is 208 g/mol. The fourth-order valence-electron chi connectivity index (χ4n) is 2.09. The minimum atomic E-state index is -1.27. The maximum atomic E-state index is 11.0. The van der Waals surface area contributed by atoms with Crippen LogP contribution in [0.15, 0.2) is 0 Å². The number of carbonyl (C=O) groups is 2. The van der Waals surface area contributed by atoms with Crippen molar-refractivity contribution in [2.75, 3.05) is 0 Å². The van der Waals surface area contributed by atoms with Crippen LogP contribution in [-0.4, -0.2) is 22.2 Å². The maximum Gasteiger partial charge on any atom is 0.318 e. The third-order valence-corrected chi connectivity index (χ3v) is 2.55. The number of carboxylic acid groups (broad SMARTS) is 2. The molecule has 0 spiro atoms. The normalized spacial score (nSPS) is 11.8. The quantitative estimate of drug-likeness (QED) is 0.659. The molecule has 0 aromatic carbocycles. The number of carboxylic acids is 2. The summed E-state index contributed by atoms with van der Waals surface area (Å²) in [6, 6.07) is 0. The zero-order valence-electron chi connectivity index (χ0n) is 10.4. The molecule has 0 radical (unpaired) electrons. The van der Waals surface area contributed by atoms with E-state index in [0.717, 1.165) is 0 Å². The molecule has 0 saturated heterocycles. The molecule has 4 heteroatoms. The summed E-state index contributed by atoms with van der Waals surface area (Å²) in [7, 11) is 0. The Balaban J connectivity index is 4.80. The Morgan fingerprint density at radius 1 is 0.875 bits per heavy atom. The highest BCUT2D eigenvalue weighted by Crippen LogP contribution is 2.28. The van der Waals surface area contributed by atoms with Crippen LogP contribution in [0.5, 0.6) is 0 Å². The van der Waals surface area contributed by atoms with Crippen molar-refractivity contribution < 1.29 is 19.8 Å². The molecule has 0 saturated carbocycles. The van der Waals surface area contributed by atoms with Crippen LogP contribution in [0.1, 0.15) is 40.5 Å². The van der Waals surface area contributed by atoms with Crippen molar-refractivity contribution in [1.82, 2.24) is 0 Å². The van der Waals surface area contributed by atoms with Crippen LogP contribution >= 0.6 is 0 Å². The largest absolute Gasteiger partial charge is 0.481 e. The molecule has 0 aromatic heterocycles. The topological polar surface area (TPSA) is 74.6 Å². The number of rotatable bonds is 7. The van der Waals surface area contributed by atoms with Crippen molar-refractivity contribution >= 4 is 11.9 Å². The summed E-state index contributed by atoms with van der Waals surface area (Å²) in [5.74, 6) is -3.38. The van der Waals surface area contributed by atoms with Crippen LogP contribution in [0.4, 0.5) is 0 Å². The molecule has 16 heavy (non-hydrogen) atoms. The highest BCUT2D eigenvalue weighted by molar-refractivity contribution is 5.93. The second-order valence-corrected chi connectivity index (χ2v) is 5.17. The number of aliphatic carboxylic acids is 2. The molecular formula is C12H22O4. The first-order chi connectivity index (χ1) is 7.25. The van der Waals surface area contributed by atoms with E-state index in [1.54, 1.807) is 0 Å². The van der Waals surface area contributed by atoms with Gasteiger partial charge in [-0.15, -0.1) is 0 Å². The summed E-state index contributed by atoms with van der Waals surface area (Å²) in [5, 5.41) is 17.9. The highest BCUT2D eigenvalue weighted by atomic mass is 16.4. The molecule has 0 aromatic rings. The molecule has 0 aliphatic heterocycles. The van der Waals surface area contributed by atoms with Gasteiger partial charge in [-0.05, 0) is 30.6 Å². The zero-order valence-corrected chi connectivity index (χ0v) is 10.4. The van der Waals surface area contributed by atoms with Crippen LogP contribution in [-0.2, 0) is 9.59 Å². The van der Waals surface area contributed by atoms with Crippen LogP contribution < -0.4 is 0 Å². The molecule has 94 valence electrons. The van der Waals surface area contributed by atoms with Crippen molar-refractivity contribution in [3.63, 3.8) is 0 Å². The van der Waals surface area contributed by atoms with Gasteiger partial charge in [0, 0.05) is 0 Å². The second-order valence-electron chi connectivity index (χ2n) is 5.17. The third kappa shape index (κ3) is 5.14. The van der Waals surface area contributed by atoms with E-state index in [1.165, 1.54) is 0 Å². The van der Waals surface area contributed by atoms with Gasteiger partial charge in [-0.1, -0.05) is 27.7 Å². The Labute approximate surface area is 96.7 Å². The third-order valence-electron chi connectivity index (χ3n) is 2.55. The fourth-order valence-corrected chi connectivity index (χ4v) is 2.09. The van der Waals surface area contributed by atoms with E-state index in [1.807, 2.05) is 27.7 Å². The van der Waals surface area contributed by atoms with E-state index in [4.69, 9.17) is 10.2 Å². The summed E-state index contributed by atoms with van der Waals surface area (Å²) in [5.41, 5.74) is 0. The zero-order chi connectivity index (χ0) is 12.9. The minimum absolute atomic E-state index is 0.282. The summed E-state index contributed by atoms with van der Waals surface area (Å²) < 4.78 is 0. The van der Waals surface area contributed by atoms with E-state index >= 15 is 0 Å². The summed E-state index contributed by atoms with van der Waals surface area (Å²) in [6.07, 6.45) is 1.28. The lowest BCUT2D eigenvalue weighted by Crippen LogP contribution is -2.32. The van der Waals surface area contributed by atoms with Gasteiger partial charge >= 0.3 is 11.9 Å². The minimum Gasteiger partial charge on any atom is -0.481 e. The van der Waals surface area contributed by atoms with Gasteiger partial charge in [-0.2, -0.15) is 0 Å².